The lowest BCUT2D eigenvalue weighted by Gasteiger charge is -2.08. The molecule has 0 aliphatic rings. The molecule has 0 unspecified atom stereocenters. The van der Waals surface area contributed by atoms with Gasteiger partial charge in [-0.15, -0.1) is 0 Å². The van der Waals surface area contributed by atoms with E-state index in [-0.39, 0.29) is 12.5 Å². The zero-order valence-electron chi connectivity index (χ0n) is 12.4. The summed E-state index contributed by atoms with van der Waals surface area (Å²) in [6.07, 6.45) is 5.20. The molecule has 3 rings (SSSR count). The smallest absolute Gasteiger partial charge is 0.258 e. The SMILES string of the molecule is O=C(COc1ccccc1)NCc1ccnc(-n2cccn2)c1. The summed E-state index contributed by atoms with van der Waals surface area (Å²) in [5.74, 6) is 1.21. The van der Waals surface area contributed by atoms with E-state index in [9.17, 15) is 4.79 Å². The number of para-hydroxylation sites is 1. The Balaban J connectivity index is 1.52. The molecule has 0 aliphatic carbocycles. The van der Waals surface area contributed by atoms with Crippen LogP contribution in [0.3, 0.4) is 0 Å². The number of nitrogens with one attached hydrogen (secondary N) is 1. The van der Waals surface area contributed by atoms with Crippen LogP contribution < -0.4 is 10.1 Å². The van der Waals surface area contributed by atoms with Crippen molar-refractivity contribution < 1.29 is 9.53 Å². The summed E-state index contributed by atoms with van der Waals surface area (Å²) in [5.41, 5.74) is 0.943. The van der Waals surface area contributed by atoms with Crippen LogP contribution >= 0.6 is 0 Å². The average molecular weight is 308 g/mol. The minimum Gasteiger partial charge on any atom is -0.484 e. The third-order valence-corrected chi connectivity index (χ3v) is 3.15. The van der Waals surface area contributed by atoms with Gasteiger partial charge in [-0.2, -0.15) is 5.10 Å². The van der Waals surface area contributed by atoms with Crippen molar-refractivity contribution in [2.24, 2.45) is 0 Å². The number of hydrogen-bond acceptors (Lipinski definition) is 4. The number of nitrogens with zero attached hydrogens (tertiary/aromatic N) is 3. The number of hydrogen-bond donors (Lipinski definition) is 1. The van der Waals surface area contributed by atoms with Crippen LogP contribution in [0.1, 0.15) is 5.56 Å². The first kappa shape index (κ1) is 14.8. The topological polar surface area (TPSA) is 69.0 Å². The molecule has 116 valence electrons. The van der Waals surface area contributed by atoms with Gasteiger partial charge < -0.3 is 10.1 Å². The van der Waals surface area contributed by atoms with E-state index in [1.54, 1.807) is 17.1 Å². The maximum absolute atomic E-state index is 11.8. The van der Waals surface area contributed by atoms with Crippen molar-refractivity contribution in [3.05, 3.63) is 72.7 Å². The summed E-state index contributed by atoms with van der Waals surface area (Å²) < 4.78 is 7.07. The van der Waals surface area contributed by atoms with E-state index in [0.29, 0.717) is 18.1 Å². The van der Waals surface area contributed by atoms with E-state index in [2.05, 4.69) is 15.4 Å². The number of aromatic nitrogens is 3. The molecule has 6 nitrogen and oxygen atoms in total. The molecule has 23 heavy (non-hydrogen) atoms. The van der Waals surface area contributed by atoms with E-state index in [0.717, 1.165) is 5.56 Å². The number of amides is 1. The van der Waals surface area contributed by atoms with Crippen molar-refractivity contribution in [1.29, 1.82) is 0 Å². The molecule has 0 atom stereocenters. The highest BCUT2D eigenvalue weighted by Crippen LogP contribution is 2.08. The van der Waals surface area contributed by atoms with Gasteiger partial charge in [0.25, 0.3) is 5.91 Å². The van der Waals surface area contributed by atoms with E-state index >= 15 is 0 Å². The van der Waals surface area contributed by atoms with E-state index in [1.165, 1.54) is 0 Å². The fraction of sp³-hybridized carbons (Fsp3) is 0.118. The van der Waals surface area contributed by atoms with E-state index in [4.69, 9.17) is 4.74 Å². The Bertz CT molecular complexity index is 757. The highest BCUT2D eigenvalue weighted by atomic mass is 16.5. The second kappa shape index (κ2) is 7.22. The van der Waals surface area contributed by atoms with Crippen molar-refractivity contribution in [3.63, 3.8) is 0 Å². The quantitative estimate of drug-likeness (QED) is 0.756. The van der Waals surface area contributed by atoms with Gasteiger partial charge in [0.2, 0.25) is 0 Å². The van der Waals surface area contributed by atoms with Gasteiger partial charge in [0.05, 0.1) is 0 Å². The van der Waals surface area contributed by atoms with Crippen LogP contribution in [-0.2, 0) is 11.3 Å². The van der Waals surface area contributed by atoms with Crippen LogP contribution in [0, 0.1) is 0 Å². The van der Waals surface area contributed by atoms with E-state index in [1.807, 2.05) is 54.7 Å². The third-order valence-electron chi connectivity index (χ3n) is 3.15. The maximum Gasteiger partial charge on any atom is 0.258 e. The summed E-state index contributed by atoms with van der Waals surface area (Å²) in [4.78, 5) is 16.1. The summed E-state index contributed by atoms with van der Waals surface area (Å²) in [7, 11) is 0. The molecule has 1 N–H and O–H groups in total. The van der Waals surface area contributed by atoms with Crippen LogP contribution in [0.2, 0.25) is 0 Å². The molecule has 0 aliphatic heterocycles. The average Bonchev–Trinajstić information content (AvgIpc) is 3.14. The van der Waals surface area contributed by atoms with Gasteiger partial charge in [-0.05, 0) is 35.9 Å². The molecule has 0 saturated heterocycles. The van der Waals surface area contributed by atoms with Gasteiger partial charge in [-0.1, -0.05) is 18.2 Å². The number of rotatable bonds is 6. The Labute approximate surface area is 133 Å². The molecular weight excluding hydrogens is 292 g/mol. The number of pyridine rings is 1. The summed E-state index contributed by atoms with van der Waals surface area (Å²) in [6, 6.07) is 14.8. The molecule has 1 aromatic carbocycles. The standard InChI is InChI=1S/C17H16N4O2/c22-17(13-23-15-5-2-1-3-6-15)19-12-14-7-9-18-16(11-14)21-10-4-8-20-21/h1-11H,12-13H2,(H,19,22). The van der Waals surface area contributed by atoms with Crippen molar-refractivity contribution in [3.8, 4) is 11.6 Å². The lowest BCUT2D eigenvalue weighted by molar-refractivity contribution is -0.123. The first-order valence-corrected chi connectivity index (χ1v) is 7.21. The highest BCUT2D eigenvalue weighted by Gasteiger charge is 2.04. The molecule has 0 spiro atoms. The number of carbonyl (C=O) groups is 1. The monoisotopic (exact) mass is 308 g/mol. The van der Waals surface area contributed by atoms with Gasteiger partial charge in [-0.25, -0.2) is 9.67 Å². The van der Waals surface area contributed by atoms with E-state index < -0.39 is 0 Å². The van der Waals surface area contributed by atoms with Gasteiger partial charge in [0.15, 0.2) is 12.4 Å². The minimum atomic E-state index is -0.175. The van der Waals surface area contributed by atoms with Crippen molar-refractivity contribution in [2.45, 2.75) is 6.54 Å². The zero-order valence-corrected chi connectivity index (χ0v) is 12.4. The lowest BCUT2D eigenvalue weighted by Crippen LogP contribution is -2.28. The first-order chi connectivity index (χ1) is 11.3. The molecule has 0 radical (unpaired) electrons. The van der Waals surface area contributed by atoms with Crippen LogP contribution in [0.25, 0.3) is 5.82 Å². The van der Waals surface area contributed by atoms with Crippen LogP contribution in [0.4, 0.5) is 0 Å². The van der Waals surface area contributed by atoms with Gasteiger partial charge >= 0.3 is 0 Å². The second-order valence-corrected chi connectivity index (χ2v) is 4.85. The highest BCUT2D eigenvalue weighted by molar-refractivity contribution is 5.77. The van der Waals surface area contributed by atoms with Gasteiger partial charge in [-0.3, -0.25) is 4.79 Å². The van der Waals surface area contributed by atoms with Crippen molar-refractivity contribution >= 4 is 5.91 Å². The Morgan fingerprint density at radius 3 is 2.78 bits per heavy atom. The predicted octanol–water partition coefficient (Wildman–Crippen LogP) is 1.96. The lowest BCUT2D eigenvalue weighted by atomic mass is 10.2. The van der Waals surface area contributed by atoms with Crippen molar-refractivity contribution in [2.75, 3.05) is 6.61 Å². The minimum absolute atomic E-state index is 0.0128. The summed E-state index contributed by atoms with van der Waals surface area (Å²) >= 11 is 0. The molecule has 2 aromatic heterocycles. The number of carbonyl (C=O) groups excluding carboxylic acids is 1. The molecular formula is C17H16N4O2. The molecule has 1 amide bonds. The van der Waals surface area contributed by atoms with Gasteiger partial charge in [0.1, 0.15) is 5.75 Å². The Kier molecular flexibility index (Phi) is 4.63. The first-order valence-electron chi connectivity index (χ1n) is 7.21. The third kappa shape index (κ3) is 4.16. The maximum atomic E-state index is 11.8. The van der Waals surface area contributed by atoms with Gasteiger partial charge in [0, 0.05) is 25.1 Å². The summed E-state index contributed by atoms with van der Waals surface area (Å²) in [6.45, 7) is 0.398. The normalized spacial score (nSPS) is 10.3. The molecule has 3 aromatic rings. The number of ether oxygens (including phenoxy) is 1. The largest absolute Gasteiger partial charge is 0.484 e. The van der Waals surface area contributed by atoms with Crippen LogP contribution in [0.5, 0.6) is 5.75 Å². The Morgan fingerprint density at radius 2 is 2.00 bits per heavy atom. The molecule has 0 bridgehead atoms. The molecule has 6 heteroatoms. The summed E-state index contributed by atoms with van der Waals surface area (Å²) in [5, 5.41) is 6.95. The van der Waals surface area contributed by atoms with Crippen LogP contribution in [-0.4, -0.2) is 27.3 Å². The predicted molar refractivity (Wildman–Crippen MR) is 85.1 cm³/mol. The van der Waals surface area contributed by atoms with Crippen LogP contribution in [0.15, 0.2) is 67.1 Å². The molecule has 0 saturated carbocycles. The number of benzene rings is 1. The zero-order chi connectivity index (χ0) is 15.9. The van der Waals surface area contributed by atoms with Crippen molar-refractivity contribution in [1.82, 2.24) is 20.1 Å². The molecule has 0 fully saturated rings. The molecule has 2 heterocycles. The second-order valence-electron chi connectivity index (χ2n) is 4.85. The Hall–Kier alpha value is -3.15. The Morgan fingerprint density at radius 1 is 1.13 bits per heavy atom. The fourth-order valence-corrected chi connectivity index (χ4v) is 2.02. The fourth-order valence-electron chi connectivity index (χ4n) is 2.02.